The van der Waals surface area contributed by atoms with E-state index in [2.05, 4.69) is 9.97 Å². The molecule has 0 atom stereocenters. The van der Waals surface area contributed by atoms with Gasteiger partial charge in [-0.2, -0.15) is 0 Å². The molecule has 0 saturated carbocycles. The molecule has 0 bridgehead atoms. The molecule has 4 rings (SSSR count). The minimum atomic E-state index is 0.0764. The molecule has 0 radical (unpaired) electrons. The number of fused-ring (bicyclic) bond motifs is 1. The summed E-state index contributed by atoms with van der Waals surface area (Å²) in [5.41, 5.74) is 3.31. The second-order valence-corrected chi connectivity index (χ2v) is 6.82. The van der Waals surface area contributed by atoms with Gasteiger partial charge in [-0.3, -0.25) is 9.59 Å². The van der Waals surface area contributed by atoms with Gasteiger partial charge in [-0.15, -0.1) is 0 Å². The number of carbonyl (C=O) groups excluding carboxylic acids is 2. The summed E-state index contributed by atoms with van der Waals surface area (Å²) in [6.45, 7) is 2.51. The van der Waals surface area contributed by atoms with E-state index in [1.165, 1.54) is 6.39 Å². The van der Waals surface area contributed by atoms with Gasteiger partial charge in [0.25, 0.3) is 0 Å². The van der Waals surface area contributed by atoms with Gasteiger partial charge in [0, 0.05) is 38.1 Å². The fourth-order valence-electron chi connectivity index (χ4n) is 3.46. The SMILES string of the molecule is O=C(Cc1ccc2ncoc2c1)N1CCCN(C(=O)Cc2ccc[nH]2)CC1. The van der Waals surface area contributed by atoms with Crippen LogP contribution < -0.4 is 0 Å². The predicted molar refractivity (Wildman–Crippen MR) is 100.0 cm³/mol. The van der Waals surface area contributed by atoms with Gasteiger partial charge in [-0.25, -0.2) is 4.98 Å². The molecule has 1 N–H and O–H groups in total. The summed E-state index contributed by atoms with van der Waals surface area (Å²) < 4.78 is 5.31. The van der Waals surface area contributed by atoms with Crippen LogP contribution in [0.15, 0.2) is 47.3 Å². The molecule has 1 fully saturated rings. The number of amides is 2. The first kappa shape index (κ1) is 17.3. The van der Waals surface area contributed by atoms with Crippen LogP contribution in [0.3, 0.4) is 0 Å². The minimum absolute atomic E-state index is 0.0764. The first-order chi connectivity index (χ1) is 13.2. The maximum absolute atomic E-state index is 12.7. The molecule has 2 amide bonds. The van der Waals surface area contributed by atoms with Crippen LogP contribution in [0.4, 0.5) is 0 Å². The van der Waals surface area contributed by atoms with Crippen molar-refractivity contribution in [1.82, 2.24) is 19.8 Å². The quantitative estimate of drug-likeness (QED) is 0.766. The van der Waals surface area contributed by atoms with Crippen molar-refractivity contribution in [3.63, 3.8) is 0 Å². The van der Waals surface area contributed by atoms with Crippen LogP contribution in [0, 0.1) is 0 Å². The summed E-state index contributed by atoms with van der Waals surface area (Å²) >= 11 is 0. The third-order valence-electron chi connectivity index (χ3n) is 4.96. The largest absolute Gasteiger partial charge is 0.443 e. The fourth-order valence-corrected chi connectivity index (χ4v) is 3.46. The standard InChI is InChI=1S/C20H22N4O3/c25-19(12-15-4-5-17-18(11-15)27-14-22-17)23-7-2-8-24(10-9-23)20(26)13-16-3-1-6-21-16/h1,3-6,11,14,21H,2,7-10,12-13H2. The lowest BCUT2D eigenvalue weighted by Crippen LogP contribution is -2.38. The van der Waals surface area contributed by atoms with Crippen molar-refractivity contribution in [1.29, 1.82) is 0 Å². The summed E-state index contributed by atoms with van der Waals surface area (Å²) in [6.07, 6.45) is 4.72. The van der Waals surface area contributed by atoms with Crippen molar-refractivity contribution >= 4 is 22.9 Å². The average molecular weight is 366 g/mol. The van der Waals surface area contributed by atoms with E-state index in [9.17, 15) is 9.59 Å². The Bertz CT molecular complexity index is 932. The highest BCUT2D eigenvalue weighted by molar-refractivity contribution is 5.81. The Hall–Kier alpha value is -3.09. The van der Waals surface area contributed by atoms with Gasteiger partial charge in [0.1, 0.15) is 5.52 Å². The Morgan fingerprint density at radius 3 is 2.56 bits per heavy atom. The van der Waals surface area contributed by atoms with Crippen LogP contribution in [0.1, 0.15) is 17.7 Å². The van der Waals surface area contributed by atoms with E-state index < -0.39 is 0 Å². The lowest BCUT2D eigenvalue weighted by molar-refractivity contribution is -0.132. The topological polar surface area (TPSA) is 82.4 Å². The highest BCUT2D eigenvalue weighted by atomic mass is 16.3. The zero-order valence-corrected chi connectivity index (χ0v) is 15.1. The molecule has 3 heterocycles. The molecule has 7 heteroatoms. The molecule has 1 aromatic carbocycles. The summed E-state index contributed by atoms with van der Waals surface area (Å²) in [5.74, 6) is 0.176. The fraction of sp³-hybridized carbons (Fsp3) is 0.350. The second kappa shape index (κ2) is 7.65. The number of nitrogens with zero attached hydrogens (tertiary/aromatic N) is 3. The predicted octanol–water partition coefficient (Wildman–Crippen LogP) is 2.00. The lowest BCUT2D eigenvalue weighted by atomic mass is 10.1. The number of oxazole rings is 1. The van der Waals surface area contributed by atoms with E-state index in [0.717, 1.165) is 23.2 Å². The average Bonchev–Trinajstić information content (AvgIpc) is 3.27. The molecule has 7 nitrogen and oxygen atoms in total. The minimum Gasteiger partial charge on any atom is -0.443 e. The van der Waals surface area contributed by atoms with Gasteiger partial charge in [-0.1, -0.05) is 6.07 Å². The van der Waals surface area contributed by atoms with Gasteiger partial charge in [-0.05, 0) is 36.2 Å². The van der Waals surface area contributed by atoms with Crippen molar-refractivity contribution in [2.24, 2.45) is 0 Å². The number of hydrogen-bond donors (Lipinski definition) is 1. The maximum atomic E-state index is 12.7. The van der Waals surface area contributed by atoms with Gasteiger partial charge < -0.3 is 19.2 Å². The molecule has 2 aromatic heterocycles. The van der Waals surface area contributed by atoms with E-state index in [1.807, 2.05) is 46.3 Å². The Balaban J connectivity index is 1.34. The first-order valence-electron chi connectivity index (χ1n) is 9.19. The zero-order valence-electron chi connectivity index (χ0n) is 15.1. The van der Waals surface area contributed by atoms with Crippen molar-refractivity contribution in [3.05, 3.63) is 54.2 Å². The van der Waals surface area contributed by atoms with Crippen LogP contribution in [-0.4, -0.2) is 57.8 Å². The highest BCUT2D eigenvalue weighted by Crippen LogP contribution is 2.16. The summed E-state index contributed by atoms with van der Waals surface area (Å²) in [5, 5.41) is 0. The van der Waals surface area contributed by atoms with Crippen LogP contribution in [0.2, 0.25) is 0 Å². The molecule has 1 saturated heterocycles. The van der Waals surface area contributed by atoms with Crippen molar-refractivity contribution in [2.45, 2.75) is 19.3 Å². The Kier molecular flexibility index (Phi) is 4.91. The van der Waals surface area contributed by atoms with Gasteiger partial charge in [0.15, 0.2) is 12.0 Å². The molecular formula is C20H22N4O3. The van der Waals surface area contributed by atoms with E-state index >= 15 is 0 Å². The molecular weight excluding hydrogens is 344 g/mol. The van der Waals surface area contributed by atoms with E-state index in [-0.39, 0.29) is 11.8 Å². The van der Waals surface area contributed by atoms with E-state index in [0.29, 0.717) is 44.6 Å². The van der Waals surface area contributed by atoms with Crippen molar-refractivity contribution < 1.29 is 14.0 Å². The van der Waals surface area contributed by atoms with E-state index in [1.54, 1.807) is 0 Å². The van der Waals surface area contributed by atoms with Gasteiger partial charge in [0.2, 0.25) is 11.8 Å². The van der Waals surface area contributed by atoms with Crippen LogP contribution >= 0.6 is 0 Å². The number of H-pyrrole nitrogens is 1. The third-order valence-corrected chi connectivity index (χ3v) is 4.96. The molecule has 3 aromatic rings. The second-order valence-electron chi connectivity index (χ2n) is 6.82. The number of carbonyl (C=O) groups is 2. The van der Waals surface area contributed by atoms with Crippen molar-refractivity contribution in [3.8, 4) is 0 Å². The lowest BCUT2D eigenvalue weighted by Gasteiger charge is -2.22. The van der Waals surface area contributed by atoms with Crippen LogP contribution in [0.25, 0.3) is 11.1 Å². The summed E-state index contributed by atoms with van der Waals surface area (Å²) in [6, 6.07) is 9.44. The first-order valence-corrected chi connectivity index (χ1v) is 9.19. The number of nitrogens with one attached hydrogen (secondary N) is 1. The normalized spacial score (nSPS) is 15.1. The zero-order chi connectivity index (χ0) is 18.6. The molecule has 1 aliphatic heterocycles. The smallest absolute Gasteiger partial charge is 0.228 e. The molecule has 0 spiro atoms. The molecule has 27 heavy (non-hydrogen) atoms. The number of aromatic amines is 1. The van der Waals surface area contributed by atoms with Crippen LogP contribution in [0.5, 0.6) is 0 Å². The van der Waals surface area contributed by atoms with Gasteiger partial charge in [0.05, 0.1) is 12.8 Å². The molecule has 0 aliphatic carbocycles. The third kappa shape index (κ3) is 4.02. The number of rotatable bonds is 4. The number of hydrogen-bond acceptors (Lipinski definition) is 4. The molecule has 0 unspecified atom stereocenters. The maximum Gasteiger partial charge on any atom is 0.228 e. The monoisotopic (exact) mass is 366 g/mol. The Morgan fingerprint density at radius 1 is 1.04 bits per heavy atom. The number of aromatic nitrogens is 2. The Morgan fingerprint density at radius 2 is 1.81 bits per heavy atom. The summed E-state index contributed by atoms with van der Waals surface area (Å²) in [4.78, 5) is 36.0. The number of benzene rings is 1. The van der Waals surface area contributed by atoms with Crippen LogP contribution in [-0.2, 0) is 22.4 Å². The van der Waals surface area contributed by atoms with Gasteiger partial charge >= 0.3 is 0 Å². The van der Waals surface area contributed by atoms with Crippen molar-refractivity contribution in [2.75, 3.05) is 26.2 Å². The highest BCUT2D eigenvalue weighted by Gasteiger charge is 2.22. The van der Waals surface area contributed by atoms with E-state index in [4.69, 9.17) is 4.42 Å². The summed E-state index contributed by atoms with van der Waals surface area (Å²) in [7, 11) is 0. The molecule has 140 valence electrons. The Labute approximate surface area is 157 Å². The molecule has 1 aliphatic rings.